The highest BCUT2D eigenvalue weighted by molar-refractivity contribution is 6.31. The van der Waals surface area contributed by atoms with Crippen molar-refractivity contribution in [2.75, 3.05) is 6.54 Å². The van der Waals surface area contributed by atoms with Crippen molar-refractivity contribution in [3.05, 3.63) is 64.7 Å². The molecule has 2 rings (SSSR count). The van der Waals surface area contributed by atoms with E-state index in [1.54, 1.807) is 24.3 Å². The molecule has 0 radical (unpaired) electrons. The van der Waals surface area contributed by atoms with E-state index in [0.29, 0.717) is 35.4 Å². The molecule has 0 heterocycles. The molecule has 0 fully saturated rings. The van der Waals surface area contributed by atoms with Crippen molar-refractivity contribution >= 4 is 17.5 Å². The SMILES string of the molecule is CC(C)CNC(=O)c1ccc(OCc2ccccc2Cl)cc1. The van der Waals surface area contributed by atoms with E-state index < -0.39 is 0 Å². The maximum Gasteiger partial charge on any atom is 0.251 e. The largest absolute Gasteiger partial charge is 0.489 e. The van der Waals surface area contributed by atoms with Crippen molar-refractivity contribution in [3.63, 3.8) is 0 Å². The van der Waals surface area contributed by atoms with E-state index in [-0.39, 0.29) is 5.91 Å². The van der Waals surface area contributed by atoms with Crippen LogP contribution in [0.3, 0.4) is 0 Å². The number of ether oxygens (including phenoxy) is 1. The third kappa shape index (κ3) is 4.78. The van der Waals surface area contributed by atoms with Gasteiger partial charge in [-0.3, -0.25) is 4.79 Å². The number of hydrogen-bond donors (Lipinski definition) is 1. The van der Waals surface area contributed by atoms with Gasteiger partial charge in [0.1, 0.15) is 12.4 Å². The fraction of sp³-hybridized carbons (Fsp3) is 0.278. The van der Waals surface area contributed by atoms with Crippen LogP contribution in [0.5, 0.6) is 5.75 Å². The lowest BCUT2D eigenvalue weighted by atomic mass is 10.2. The van der Waals surface area contributed by atoms with Crippen LogP contribution >= 0.6 is 11.6 Å². The second-order valence-corrected chi connectivity index (χ2v) is 5.92. The summed E-state index contributed by atoms with van der Waals surface area (Å²) in [5, 5.41) is 3.57. The van der Waals surface area contributed by atoms with Crippen LogP contribution in [0.1, 0.15) is 29.8 Å². The molecule has 2 aromatic rings. The Morgan fingerprint density at radius 1 is 1.14 bits per heavy atom. The van der Waals surface area contributed by atoms with Crippen LogP contribution in [0.25, 0.3) is 0 Å². The molecule has 0 unspecified atom stereocenters. The molecular formula is C18H20ClNO2. The van der Waals surface area contributed by atoms with Gasteiger partial charge in [0.25, 0.3) is 5.91 Å². The molecule has 22 heavy (non-hydrogen) atoms. The van der Waals surface area contributed by atoms with E-state index in [0.717, 1.165) is 5.56 Å². The summed E-state index contributed by atoms with van der Waals surface area (Å²) in [6.45, 7) is 5.19. The van der Waals surface area contributed by atoms with E-state index in [2.05, 4.69) is 19.2 Å². The van der Waals surface area contributed by atoms with Crippen LogP contribution in [0.4, 0.5) is 0 Å². The van der Waals surface area contributed by atoms with Gasteiger partial charge >= 0.3 is 0 Å². The number of benzene rings is 2. The number of nitrogens with one attached hydrogen (secondary N) is 1. The van der Waals surface area contributed by atoms with Crippen LogP contribution in [0.15, 0.2) is 48.5 Å². The van der Waals surface area contributed by atoms with Crippen molar-refractivity contribution in [2.45, 2.75) is 20.5 Å². The molecular weight excluding hydrogens is 298 g/mol. The Morgan fingerprint density at radius 3 is 2.45 bits per heavy atom. The quantitative estimate of drug-likeness (QED) is 0.862. The minimum atomic E-state index is -0.0636. The minimum absolute atomic E-state index is 0.0636. The topological polar surface area (TPSA) is 38.3 Å². The molecule has 0 aliphatic heterocycles. The smallest absolute Gasteiger partial charge is 0.251 e. The zero-order valence-electron chi connectivity index (χ0n) is 12.8. The van der Waals surface area contributed by atoms with Crippen molar-refractivity contribution in [1.29, 1.82) is 0 Å². The molecule has 0 saturated heterocycles. The van der Waals surface area contributed by atoms with E-state index in [9.17, 15) is 4.79 Å². The van der Waals surface area contributed by atoms with Crippen molar-refractivity contribution in [3.8, 4) is 5.75 Å². The third-order valence-electron chi connectivity index (χ3n) is 3.14. The van der Waals surface area contributed by atoms with Crippen LogP contribution in [-0.4, -0.2) is 12.5 Å². The molecule has 0 aliphatic rings. The van der Waals surface area contributed by atoms with Gasteiger partial charge in [0.2, 0.25) is 0 Å². The van der Waals surface area contributed by atoms with Crippen molar-refractivity contribution in [2.24, 2.45) is 5.92 Å². The Labute approximate surface area is 136 Å². The molecule has 3 nitrogen and oxygen atoms in total. The number of halogens is 1. The molecule has 4 heteroatoms. The fourth-order valence-corrected chi connectivity index (χ4v) is 2.07. The zero-order valence-corrected chi connectivity index (χ0v) is 13.6. The lowest BCUT2D eigenvalue weighted by molar-refractivity contribution is 0.0949. The molecule has 2 aromatic carbocycles. The Bertz CT molecular complexity index is 623. The van der Waals surface area contributed by atoms with Crippen molar-refractivity contribution < 1.29 is 9.53 Å². The Kier molecular flexibility index (Phi) is 5.84. The average molecular weight is 318 g/mol. The summed E-state index contributed by atoms with van der Waals surface area (Å²) in [5.74, 6) is 1.08. The number of hydrogen-bond acceptors (Lipinski definition) is 2. The lowest BCUT2D eigenvalue weighted by Gasteiger charge is -2.10. The summed E-state index contributed by atoms with van der Waals surface area (Å²) in [6, 6.07) is 14.7. The van der Waals surface area contributed by atoms with Gasteiger partial charge in [0.05, 0.1) is 0 Å². The van der Waals surface area contributed by atoms with Gasteiger partial charge in [-0.15, -0.1) is 0 Å². The van der Waals surface area contributed by atoms with Crippen LogP contribution in [-0.2, 0) is 6.61 Å². The monoisotopic (exact) mass is 317 g/mol. The molecule has 0 spiro atoms. The zero-order chi connectivity index (χ0) is 15.9. The second kappa shape index (κ2) is 7.85. The highest BCUT2D eigenvalue weighted by atomic mass is 35.5. The Balaban J connectivity index is 1.92. The number of carbonyl (C=O) groups is 1. The molecule has 1 amide bonds. The second-order valence-electron chi connectivity index (χ2n) is 5.51. The Morgan fingerprint density at radius 2 is 1.82 bits per heavy atom. The molecule has 0 bridgehead atoms. The first-order chi connectivity index (χ1) is 10.6. The normalized spacial score (nSPS) is 10.5. The highest BCUT2D eigenvalue weighted by Gasteiger charge is 2.06. The number of carbonyl (C=O) groups excluding carboxylic acids is 1. The first-order valence-electron chi connectivity index (χ1n) is 7.30. The number of rotatable bonds is 6. The van der Waals surface area contributed by atoms with E-state index in [1.165, 1.54) is 0 Å². The van der Waals surface area contributed by atoms with Gasteiger partial charge < -0.3 is 10.1 Å². The summed E-state index contributed by atoms with van der Waals surface area (Å²) in [7, 11) is 0. The van der Waals surface area contributed by atoms with E-state index >= 15 is 0 Å². The van der Waals surface area contributed by atoms with Gasteiger partial charge in [0, 0.05) is 22.7 Å². The standard InChI is InChI=1S/C18H20ClNO2/c1-13(2)11-20-18(21)14-7-9-16(10-8-14)22-12-15-5-3-4-6-17(15)19/h3-10,13H,11-12H2,1-2H3,(H,20,21). The minimum Gasteiger partial charge on any atom is -0.489 e. The van der Waals surface area contributed by atoms with Gasteiger partial charge in [-0.05, 0) is 36.2 Å². The first kappa shape index (κ1) is 16.4. The third-order valence-corrected chi connectivity index (χ3v) is 3.51. The van der Waals surface area contributed by atoms with E-state index in [4.69, 9.17) is 16.3 Å². The lowest BCUT2D eigenvalue weighted by Crippen LogP contribution is -2.27. The van der Waals surface area contributed by atoms with Crippen LogP contribution < -0.4 is 10.1 Å². The summed E-state index contributed by atoms with van der Waals surface area (Å²) in [4.78, 5) is 11.9. The predicted molar refractivity (Wildman–Crippen MR) is 89.4 cm³/mol. The summed E-state index contributed by atoms with van der Waals surface area (Å²) in [6.07, 6.45) is 0. The van der Waals surface area contributed by atoms with Gasteiger partial charge in [0.15, 0.2) is 0 Å². The van der Waals surface area contributed by atoms with Gasteiger partial charge in [-0.1, -0.05) is 43.6 Å². The highest BCUT2D eigenvalue weighted by Crippen LogP contribution is 2.19. The number of amides is 1. The summed E-state index contributed by atoms with van der Waals surface area (Å²) < 4.78 is 5.69. The average Bonchev–Trinajstić information content (AvgIpc) is 2.52. The van der Waals surface area contributed by atoms with Crippen LogP contribution in [0, 0.1) is 5.92 Å². The maximum atomic E-state index is 11.9. The molecule has 0 aromatic heterocycles. The molecule has 1 N–H and O–H groups in total. The fourth-order valence-electron chi connectivity index (χ4n) is 1.88. The maximum absolute atomic E-state index is 11.9. The van der Waals surface area contributed by atoms with Gasteiger partial charge in [-0.2, -0.15) is 0 Å². The molecule has 0 aliphatic carbocycles. The first-order valence-corrected chi connectivity index (χ1v) is 7.68. The summed E-state index contributed by atoms with van der Waals surface area (Å²) in [5.41, 5.74) is 1.56. The predicted octanol–water partition coefficient (Wildman–Crippen LogP) is 4.30. The van der Waals surface area contributed by atoms with Crippen molar-refractivity contribution in [1.82, 2.24) is 5.32 Å². The van der Waals surface area contributed by atoms with Crippen LogP contribution in [0.2, 0.25) is 5.02 Å². The molecule has 0 saturated carbocycles. The molecule has 116 valence electrons. The Hall–Kier alpha value is -2.00. The molecule has 0 atom stereocenters. The summed E-state index contributed by atoms with van der Waals surface area (Å²) >= 11 is 6.08. The van der Waals surface area contributed by atoms with E-state index in [1.807, 2.05) is 24.3 Å². The van der Waals surface area contributed by atoms with Gasteiger partial charge in [-0.25, -0.2) is 0 Å².